The Morgan fingerprint density at radius 2 is 2.06 bits per heavy atom. The summed E-state index contributed by atoms with van der Waals surface area (Å²) >= 11 is 0. The summed E-state index contributed by atoms with van der Waals surface area (Å²) in [5.74, 6) is 1.14. The molecule has 2 rings (SSSR count). The standard InChI is InChI=1S/C11H12FNO3.C2H6/c12-3-4-13-6-9(14)8-1-2-10-11(5-8)16-7-15-10;1-2/h1-2,5,13H,3-4,6-7H2;1-2H3. The Kier molecular flexibility index (Phi) is 6.14. The first-order chi connectivity index (χ1) is 8.81. The van der Waals surface area contributed by atoms with Crippen LogP contribution in [0.25, 0.3) is 0 Å². The number of benzene rings is 1. The van der Waals surface area contributed by atoms with Crippen molar-refractivity contribution in [3.8, 4) is 11.5 Å². The van der Waals surface area contributed by atoms with E-state index < -0.39 is 6.67 Å². The number of nitrogens with one attached hydrogen (secondary N) is 1. The van der Waals surface area contributed by atoms with Gasteiger partial charge in [0.1, 0.15) is 6.67 Å². The lowest BCUT2D eigenvalue weighted by Crippen LogP contribution is -2.24. The van der Waals surface area contributed by atoms with E-state index in [9.17, 15) is 9.18 Å². The number of fused-ring (bicyclic) bond motifs is 1. The number of rotatable bonds is 5. The van der Waals surface area contributed by atoms with Crippen LogP contribution in [0.2, 0.25) is 0 Å². The van der Waals surface area contributed by atoms with E-state index in [0.29, 0.717) is 17.1 Å². The number of ether oxygens (including phenoxy) is 2. The van der Waals surface area contributed by atoms with Crippen LogP contribution in [-0.2, 0) is 0 Å². The van der Waals surface area contributed by atoms with Crippen molar-refractivity contribution in [2.75, 3.05) is 26.6 Å². The van der Waals surface area contributed by atoms with Crippen LogP contribution in [0.15, 0.2) is 18.2 Å². The van der Waals surface area contributed by atoms with Gasteiger partial charge in [-0.1, -0.05) is 13.8 Å². The summed E-state index contributed by atoms with van der Waals surface area (Å²) in [6, 6.07) is 5.01. The first-order valence-corrected chi connectivity index (χ1v) is 6.01. The molecule has 100 valence electrons. The highest BCUT2D eigenvalue weighted by atomic mass is 19.1. The van der Waals surface area contributed by atoms with Gasteiger partial charge in [-0.3, -0.25) is 4.79 Å². The molecule has 0 radical (unpaired) electrons. The molecular formula is C13H18FNO3. The maximum atomic E-state index is 11.8. The second-order valence-corrected chi connectivity index (χ2v) is 3.36. The Bertz CT molecular complexity index is 396. The average molecular weight is 255 g/mol. The lowest BCUT2D eigenvalue weighted by molar-refractivity contribution is 0.0990. The number of carbonyl (C=O) groups is 1. The highest BCUT2D eigenvalue weighted by Gasteiger charge is 2.15. The fourth-order valence-corrected chi connectivity index (χ4v) is 1.44. The molecule has 1 heterocycles. The molecule has 0 amide bonds. The SMILES string of the molecule is CC.O=C(CNCCF)c1ccc2c(c1)OCO2. The topological polar surface area (TPSA) is 47.6 Å². The first kappa shape index (κ1) is 14.4. The van der Waals surface area contributed by atoms with Crippen molar-refractivity contribution in [2.45, 2.75) is 13.8 Å². The fraction of sp³-hybridized carbons (Fsp3) is 0.462. The van der Waals surface area contributed by atoms with Crippen LogP contribution in [0.5, 0.6) is 11.5 Å². The van der Waals surface area contributed by atoms with Gasteiger partial charge in [0, 0.05) is 12.1 Å². The van der Waals surface area contributed by atoms with E-state index in [4.69, 9.17) is 9.47 Å². The van der Waals surface area contributed by atoms with Crippen LogP contribution in [0, 0.1) is 0 Å². The third-order valence-electron chi connectivity index (χ3n) is 2.25. The summed E-state index contributed by atoms with van der Waals surface area (Å²) in [6.07, 6.45) is 0. The Morgan fingerprint density at radius 1 is 1.33 bits per heavy atom. The van der Waals surface area contributed by atoms with Crippen molar-refractivity contribution < 1.29 is 18.7 Å². The summed E-state index contributed by atoms with van der Waals surface area (Å²) in [6.45, 7) is 4.03. The third kappa shape index (κ3) is 3.70. The zero-order chi connectivity index (χ0) is 13.4. The van der Waals surface area contributed by atoms with E-state index in [1.54, 1.807) is 18.2 Å². The number of carbonyl (C=O) groups excluding carboxylic acids is 1. The molecule has 0 saturated carbocycles. The van der Waals surface area contributed by atoms with Gasteiger partial charge in [0.25, 0.3) is 0 Å². The lowest BCUT2D eigenvalue weighted by Gasteiger charge is -2.03. The number of ketones is 1. The summed E-state index contributed by atoms with van der Waals surface area (Å²) < 4.78 is 22.1. The molecule has 1 aromatic rings. The molecule has 0 aliphatic carbocycles. The van der Waals surface area contributed by atoms with E-state index in [2.05, 4.69) is 5.32 Å². The van der Waals surface area contributed by atoms with Crippen molar-refractivity contribution in [1.29, 1.82) is 0 Å². The van der Waals surface area contributed by atoms with Crippen molar-refractivity contribution >= 4 is 5.78 Å². The highest BCUT2D eigenvalue weighted by Crippen LogP contribution is 2.32. The van der Waals surface area contributed by atoms with Gasteiger partial charge in [-0.05, 0) is 18.2 Å². The number of hydrogen-bond acceptors (Lipinski definition) is 4. The number of Topliss-reactive ketones (excluding diaryl/α,β-unsaturated/α-hetero) is 1. The maximum absolute atomic E-state index is 11.8. The van der Waals surface area contributed by atoms with Gasteiger partial charge in [-0.2, -0.15) is 0 Å². The molecule has 5 heteroatoms. The monoisotopic (exact) mass is 255 g/mol. The normalized spacial score (nSPS) is 11.7. The average Bonchev–Trinajstić information content (AvgIpc) is 2.88. The molecule has 1 aliphatic rings. The molecule has 1 N–H and O–H groups in total. The van der Waals surface area contributed by atoms with Crippen LogP contribution >= 0.6 is 0 Å². The van der Waals surface area contributed by atoms with Crippen LogP contribution in [0.3, 0.4) is 0 Å². The van der Waals surface area contributed by atoms with Crippen molar-refractivity contribution in [3.63, 3.8) is 0 Å². The largest absolute Gasteiger partial charge is 0.454 e. The molecule has 0 atom stereocenters. The predicted octanol–water partition coefficient (Wildman–Crippen LogP) is 2.18. The Hall–Kier alpha value is -1.62. The van der Waals surface area contributed by atoms with E-state index in [0.717, 1.165) is 0 Å². The summed E-state index contributed by atoms with van der Waals surface area (Å²) in [5, 5.41) is 2.70. The summed E-state index contributed by atoms with van der Waals surface area (Å²) in [5.41, 5.74) is 0.538. The zero-order valence-corrected chi connectivity index (χ0v) is 10.7. The minimum atomic E-state index is -0.478. The molecular weight excluding hydrogens is 237 g/mol. The van der Waals surface area contributed by atoms with Crippen LogP contribution in [0.1, 0.15) is 24.2 Å². The number of halogens is 1. The van der Waals surface area contributed by atoms with E-state index >= 15 is 0 Å². The molecule has 0 unspecified atom stereocenters. The second kappa shape index (κ2) is 7.66. The minimum Gasteiger partial charge on any atom is -0.454 e. The molecule has 18 heavy (non-hydrogen) atoms. The van der Waals surface area contributed by atoms with E-state index in [-0.39, 0.29) is 25.7 Å². The Balaban J connectivity index is 0.000000771. The molecule has 1 aromatic carbocycles. The smallest absolute Gasteiger partial charge is 0.231 e. The minimum absolute atomic E-state index is 0.0910. The maximum Gasteiger partial charge on any atom is 0.231 e. The second-order valence-electron chi connectivity index (χ2n) is 3.36. The molecule has 0 fully saturated rings. The molecule has 0 aromatic heterocycles. The Morgan fingerprint density at radius 3 is 2.78 bits per heavy atom. The molecule has 0 bridgehead atoms. The van der Waals surface area contributed by atoms with Crippen molar-refractivity contribution in [3.05, 3.63) is 23.8 Å². The highest BCUT2D eigenvalue weighted by molar-refractivity contribution is 5.98. The van der Waals surface area contributed by atoms with Gasteiger partial charge in [-0.25, -0.2) is 4.39 Å². The van der Waals surface area contributed by atoms with Gasteiger partial charge in [0.05, 0.1) is 6.54 Å². The Labute approximate surface area is 106 Å². The van der Waals surface area contributed by atoms with Gasteiger partial charge < -0.3 is 14.8 Å². The first-order valence-electron chi connectivity index (χ1n) is 6.01. The third-order valence-corrected chi connectivity index (χ3v) is 2.25. The summed E-state index contributed by atoms with van der Waals surface area (Å²) in [7, 11) is 0. The van der Waals surface area contributed by atoms with Gasteiger partial charge >= 0.3 is 0 Å². The number of hydrogen-bond donors (Lipinski definition) is 1. The molecule has 4 nitrogen and oxygen atoms in total. The molecule has 0 saturated heterocycles. The van der Waals surface area contributed by atoms with Crippen LogP contribution < -0.4 is 14.8 Å². The van der Waals surface area contributed by atoms with Gasteiger partial charge in [0.15, 0.2) is 17.3 Å². The summed E-state index contributed by atoms with van der Waals surface area (Å²) in [4.78, 5) is 11.6. The quantitative estimate of drug-likeness (QED) is 0.647. The lowest BCUT2D eigenvalue weighted by atomic mass is 10.1. The zero-order valence-electron chi connectivity index (χ0n) is 10.7. The van der Waals surface area contributed by atoms with Crippen molar-refractivity contribution in [2.24, 2.45) is 0 Å². The fourth-order valence-electron chi connectivity index (χ4n) is 1.44. The van der Waals surface area contributed by atoms with Crippen LogP contribution in [-0.4, -0.2) is 32.3 Å². The van der Waals surface area contributed by atoms with Crippen LogP contribution in [0.4, 0.5) is 4.39 Å². The molecule has 0 spiro atoms. The van der Waals surface area contributed by atoms with Crippen molar-refractivity contribution in [1.82, 2.24) is 5.32 Å². The predicted molar refractivity (Wildman–Crippen MR) is 67.1 cm³/mol. The van der Waals surface area contributed by atoms with Gasteiger partial charge in [0.2, 0.25) is 6.79 Å². The number of alkyl halides is 1. The van der Waals surface area contributed by atoms with E-state index in [1.165, 1.54) is 0 Å². The van der Waals surface area contributed by atoms with Gasteiger partial charge in [-0.15, -0.1) is 0 Å². The molecule has 1 aliphatic heterocycles. The van der Waals surface area contributed by atoms with E-state index in [1.807, 2.05) is 13.8 Å².